The van der Waals surface area contributed by atoms with Crippen molar-refractivity contribution in [2.45, 2.75) is 19.5 Å². The van der Waals surface area contributed by atoms with Gasteiger partial charge in [0.2, 0.25) is 0 Å². The standard InChI is InChI=1S/C17H16N2O2/c18-10-13-4-3-5-14(8-13)11-19-12-16-7-2-1-6-15(16)9-17(20)21/h1-8,19H,9,11-12H2,(H,20,21). The van der Waals surface area contributed by atoms with Crippen LogP contribution < -0.4 is 5.32 Å². The average Bonchev–Trinajstić information content (AvgIpc) is 2.49. The number of hydrogen-bond acceptors (Lipinski definition) is 3. The molecule has 0 bridgehead atoms. The van der Waals surface area contributed by atoms with Gasteiger partial charge >= 0.3 is 5.97 Å². The minimum Gasteiger partial charge on any atom is -0.481 e. The summed E-state index contributed by atoms with van der Waals surface area (Å²) in [5.41, 5.74) is 3.48. The molecule has 0 fully saturated rings. The molecule has 0 aliphatic heterocycles. The molecule has 2 N–H and O–H groups in total. The molecular weight excluding hydrogens is 264 g/mol. The monoisotopic (exact) mass is 280 g/mol. The predicted octanol–water partition coefficient (Wildman–Crippen LogP) is 2.48. The van der Waals surface area contributed by atoms with Gasteiger partial charge in [-0.2, -0.15) is 5.26 Å². The van der Waals surface area contributed by atoms with Crippen LogP contribution in [0.4, 0.5) is 0 Å². The van der Waals surface area contributed by atoms with E-state index in [4.69, 9.17) is 10.4 Å². The van der Waals surface area contributed by atoms with E-state index in [2.05, 4.69) is 11.4 Å². The second kappa shape index (κ2) is 7.22. The van der Waals surface area contributed by atoms with Crippen molar-refractivity contribution in [1.29, 1.82) is 5.26 Å². The van der Waals surface area contributed by atoms with E-state index in [-0.39, 0.29) is 6.42 Å². The van der Waals surface area contributed by atoms with Gasteiger partial charge in [0, 0.05) is 13.1 Å². The molecule has 0 saturated heterocycles. The third-order valence-corrected chi connectivity index (χ3v) is 3.16. The molecule has 106 valence electrons. The molecule has 0 heterocycles. The van der Waals surface area contributed by atoms with E-state index >= 15 is 0 Å². The van der Waals surface area contributed by atoms with Gasteiger partial charge in [-0.05, 0) is 28.8 Å². The average molecular weight is 280 g/mol. The van der Waals surface area contributed by atoms with Crippen molar-refractivity contribution < 1.29 is 9.90 Å². The Balaban J connectivity index is 1.97. The first kappa shape index (κ1) is 14.8. The number of aliphatic carboxylic acids is 1. The van der Waals surface area contributed by atoms with Crippen LogP contribution in [0, 0.1) is 11.3 Å². The van der Waals surface area contributed by atoms with Gasteiger partial charge in [0.1, 0.15) is 0 Å². The Morgan fingerprint density at radius 1 is 1.10 bits per heavy atom. The van der Waals surface area contributed by atoms with Crippen molar-refractivity contribution in [3.05, 3.63) is 70.8 Å². The highest BCUT2D eigenvalue weighted by molar-refractivity contribution is 5.70. The number of carboxylic acid groups (broad SMARTS) is 1. The van der Waals surface area contributed by atoms with E-state index in [1.807, 2.05) is 42.5 Å². The van der Waals surface area contributed by atoms with E-state index in [1.54, 1.807) is 6.07 Å². The van der Waals surface area contributed by atoms with E-state index in [0.717, 1.165) is 16.7 Å². The summed E-state index contributed by atoms with van der Waals surface area (Å²) in [5.74, 6) is -0.829. The van der Waals surface area contributed by atoms with Gasteiger partial charge in [0.25, 0.3) is 0 Å². The molecule has 2 aromatic rings. The molecule has 0 saturated carbocycles. The van der Waals surface area contributed by atoms with Crippen molar-refractivity contribution in [3.8, 4) is 6.07 Å². The van der Waals surface area contributed by atoms with Crippen molar-refractivity contribution in [1.82, 2.24) is 5.32 Å². The number of carboxylic acids is 1. The number of hydrogen-bond donors (Lipinski definition) is 2. The highest BCUT2D eigenvalue weighted by atomic mass is 16.4. The van der Waals surface area contributed by atoms with Gasteiger partial charge < -0.3 is 10.4 Å². The SMILES string of the molecule is N#Cc1cccc(CNCc2ccccc2CC(=O)O)c1. The van der Waals surface area contributed by atoms with Gasteiger partial charge in [-0.1, -0.05) is 36.4 Å². The normalized spacial score (nSPS) is 10.0. The summed E-state index contributed by atoms with van der Waals surface area (Å²) >= 11 is 0. The number of nitrogens with zero attached hydrogens (tertiary/aromatic N) is 1. The summed E-state index contributed by atoms with van der Waals surface area (Å²) in [6, 6.07) is 17.0. The van der Waals surface area contributed by atoms with Crippen LogP contribution in [0.25, 0.3) is 0 Å². The lowest BCUT2D eigenvalue weighted by atomic mass is 10.0. The first-order valence-corrected chi connectivity index (χ1v) is 6.67. The van der Waals surface area contributed by atoms with Crippen molar-refractivity contribution in [2.75, 3.05) is 0 Å². The van der Waals surface area contributed by atoms with Crippen molar-refractivity contribution in [2.24, 2.45) is 0 Å². The Kier molecular flexibility index (Phi) is 5.08. The molecule has 2 aromatic carbocycles. The molecule has 0 aromatic heterocycles. The molecule has 0 spiro atoms. The second-order valence-electron chi connectivity index (χ2n) is 4.75. The molecule has 0 aliphatic rings. The fourth-order valence-electron chi connectivity index (χ4n) is 2.16. The topological polar surface area (TPSA) is 73.1 Å². The maximum atomic E-state index is 10.8. The maximum Gasteiger partial charge on any atom is 0.307 e. The number of carbonyl (C=O) groups is 1. The molecule has 4 heteroatoms. The Labute approximate surface area is 123 Å². The zero-order valence-electron chi connectivity index (χ0n) is 11.5. The quantitative estimate of drug-likeness (QED) is 0.852. The summed E-state index contributed by atoms with van der Waals surface area (Å²) in [6.07, 6.45) is 0.0295. The molecule has 0 radical (unpaired) electrons. The summed E-state index contributed by atoms with van der Waals surface area (Å²) in [5, 5.41) is 21.0. The Morgan fingerprint density at radius 3 is 2.57 bits per heavy atom. The van der Waals surface area contributed by atoms with Gasteiger partial charge in [-0.15, -0.1) is 0 Å². The summed E-state index contributed by atoms with van der Waals surface area (Å²) < 4.78 is 0. The lowest BCUT2D eigenvalue weighted by Gasteiger charge is -2.09. The number of nitrogens with one attached hydrogen (secondary N) is 1. The fraction of sp³-hybridized carbons (Fsp3) is 0.176. The lowest BCUT2D eigenvalue weighted by Crippen LogP contribution is -2.15. The zero-order valence-corrected chi connectivity index (χ0v) is 11.5. The third kappa shape index (κ3) is 4.44. The fourth-order valence-corrected chi connectivity index (χ4v) is 2.16. The maximum absolute atomic E-state index is 10.8. The van der Waals surface area contributed by atoms with Gasteiger partial charge in [-0.25, -0.2) is 0 Å². The van der Waals surface area contributed by atoms with Crippen molar-refractivity contribution >= 4 is 5.97 Å². The molecule has 0 amide bonds. The van der Waals surface area contributed by atoms with E-state index in [1.165, 1.54) is 0 Å². The molecule has 4 nitrogen and oxygen atoms in total. The van der Waals surface area contributed by atoms with Gasteiger partial charge in [-0.3, -0.25) is 4.79 Å². The molecule has 2 rings (SSSR count). The summed E-state index contributed by atoms with van der Waals surface area (Å²) in [7, 11) is 0. The number of nitriles is 1. The van der Waals surface area contributed by atoms with E-state index < -0.39 is 5.97 Å². The van der Waals surface area contributed by atoms with Crippen LogP contribution in [0.3, 0.4) is 0 Å². The highest BCUT2D eigenvalue weighted by Crippen LogP contribution is 2.10. The van der Waals surface area contributed by atoms with Crippen LogP contribution in [0.1, 0.15) is 22.3 Å². The van der Waals surface area contributed by atoms with Crippen LogP contribution in [0.2, 0.25) is 0 Å². The zero-order chi connectivity index (χ0) is 15.1. The molecule has 0 atom stereocenters. The minimum absolute atomic E-state index is 0.0295. The lowest BCUT2D eigenvalue weighted by molar-refractivity contribution is -0.136. The van der Waals surface area contributed by atoms with Crippen LogP contribution in [-0.4, -0.2) is 11.1 Å². The van der Waals surface area contributed by atoms with Crippen LogP contribution in [0.15, 0.2) is 48.5 Å². The van der Waals surface area contributed by atoms with E-state index in [0.29, 0.717) is 18.7 Å². The largest absolute Gasteiger partial charge is 0.481 e. The summed E-state index contributed by atoms with van der Waals surface area (Å²) in [4.78, 5) is 10.8. The molecule has 0 aliphatic carbocycles. The number of benzene rings is 2. The first-order chi connectivity index (χ1) is 10.2. The molecule has 0 unspecified atom stereocenters. The van der Waals surface area contributed by atoms with Crippen LogP contribution in [-0.2, 0) is 24.3 Å². The first-order valence-electron chi connectivity index (χ1n) is 6.67. The Bertz CT molecular complexity index is 674. The Morgan fingerprint density at radius 2 is 1.86 bits per heavy atom. The minimum atomic E-state index is -0.829. The van der Waals surface area contributed by atoms with Crippen molar-refractivity contribution in [3.63, 3.8) is 0 Å². The van der Waals surface area contributed by atoms with E-state index in [9.17, 15) is 4.79 Å². The summed E-state index contributed by atoms with van der Waals surface area (Å²) in [6.45, 7) is 1.23. The molecular formula is C17H16N2O2. The molecule has 21 heavy (non-hydrogen) atoms. The number of rotatable bonds is 6. The van der Waals surface area contributed by atoms with Crippen LogP contribution >= 0.6 is 0 Å². The van der Waals surface area contributed by atoms with Crippen LogP contribution in [0.5, 0.6) is 0 Å². The Hall–Kier alpha value is -2.64. The van der Waals surface area contributed by atoms with Gasteiger partial charge in [0.05, 0.1) is 18.1 Å². The highest BCUT2D eigenvalue weighted by Gasteiger charge is 2.05. The second-order valence-corrected chi connectivity index (χ2v) is 4.75. The van der Waals surface area contributed by atoms with Gasteiger partial charge in [0.15, 0.2) is 0 Å². The third-order valence-electron chi connectivity index (χ3n) is 3.16. The predicted molar refractivity (Wildman–Crippen MR) is 79.5 cm³/mol. The smallest absolute Gasteiger partial charge is 0.307 e.